The van der Waals surface area contributed by atoms with E-state index in [4.69, 9.17) is 0 Å². The van der Waals surface area contributed by atoms with Crippen molar-refractivity contribution in [2.75, 3.05) is 0 Å². The molecule has 0 spiro atoms. The van der Waals surface area contributed by atoms with E-state index in [-0.39, 0.29) is 0 Å². The highest BCUT2D eigenvalue weighted by Crippen LogP contribution is 2.73. The second-order valence-electron chi connectivity index (χ2n) is 10.1. The Kier molecular flexibility index (Phi) is 2.08. The van der Waals surface area contributed by atoms with Gasteiger partial charge in [0.1, 0.15) is 0 Å². The molecule has 0 saturated heterocycles. The van der Waals surface area contributed by atoms with E-state index in [0.29, 0.717) is 10.8 Å². The average Bonchev–Trinajstić information content (AvgIpc) is 2.78. The third-order valence-electron chi connectivity index (χ3n) is 9.06. The summed E-state index contributed by atoms with van der Waals surface area (Å²) >= 11 is 0. The summed E-state index contributed by atoms with van der Waals surface area (Å²) in [7, 11) is 0. The first-order valence-electron chi connectivity index (χ1n) is 9.22. The van der Waals surface area contributed by atoms with Crippen LogP contribution in [-0.4, -0.2) is 0 Å². The highest BCUT2D eigenvalue weighted by Gasteiger charge is 2.64. The Labute approximate surface area is 130 Å². The second kappa shape index (κ2) is 3.36. The van der Waals surface area contributed by atoms with Crippen LogP contribution < -0.4 is 0 Å². The van der Waals surface area contributed by atoms with Crippen molar-refractivity contribution in [1.82, 2.24) is 0 Å². The first-order chi connectivity index (χ1) is 9.76. The molecule has 6 saturated carbocycles. The normalized spacial score (nSPS) is 54.2. The zero-order chi connectivity index (χ0) is 14.9. The standard InChI is InChI=1S/C21H30/c1-10-14-8-16(20(14,3)4)12-7-13-17-9-15(21(17,5)6)11(2)19(13)18(10)12/h7,10-12,14-17H,8-9H2,1-6H3/t10-,11-,12-,14+,15-,16-,17-/m1/s1. The molecule has 0 unspecified atom stereocenters. The van der Waals surface area contributed by atoms with Gasteiger partial charge in [0.15, 0.2) is 0 Å². The molecule has 114 valence electrons. The van der Waals surface area contributed by atoms with Gasteiger partial charge in [-0.15, -0.1) is 0 Å². The Balaban J connectivity index is 1.67. The largest absolute Gasteiger partial charge is 0.0732 e. The van der Waals surface area contributed by atoms with Crippen LogP contribution in [-0.2, 0) is 0 Å². The van der Waals surface area contributed by atoms with Crippen molar-refractivity contribution in [3.8, 4) is 0 Å². The summed E-state index contributed by atoms with van der Waals surface area (Å²) in [5.41, 5.74) is 6.72. The Hall–Kier alpha value is -0.520. The Morgan fingerprint density at radius 1 is 0.857 bits per heavy atom. The SMILES string of the molecule is C[C@H]1C2=C3[C@H](C)[C@@H]4C[C@H]([C@H]3C=C2[C@H]2C[C@H]1C2(C)C)C4(C)C. The average molecular weight is 282 g/mol. The molecule has 0 radical (unpaired) electrons. The van der Waals surface area contributed by atoms with E-state index in [0.717, 1.165) is 41.4 Å². The van der Waals surface area contributed by atoms with Crippen molar-refractivity contribution in [2.45, 2.75) is 54.4 Å². The maximum absolute atomic E-state index is 2.77. The van der Waals surface area contributed by atoms with Crippen molar-refractivity contribution in [1.29, 1.82) is 0 Å². The second-order valence-corrected chi connectivity index (χ2v) is 10.1. The van der Waals surface area contributed by atoms with Crippen LogP contribution in [0.2, 0.25) is 0 Å². The van der Waals surface area contributed by atoms with Crippen molar-refractivity contribution in [3.63, 3.8) is 0 Å². The smallest absolute Gasteiger partial charge is 0.00252 e. The van der Waals surface area contributed by atoms with Gasteiger partial charge < -0.3 is 0 Å². The lowest BCUT2D eigenvalue weighted by atomic mass is 9.41. The molecular formula is C21H30. The van der Waals surface area contributed by atoms with Crippen LogP contribution >= 0.6 is 0 Å². The first kappa shape index (κ1) is 13.0. The zero-order valence-electron chi connectivity index (χ0n) is 14.5. The van der Waals surface area contributed by atoms with Gasteiger partial charge in [-0.1, -0.05) is 53.2 Å². The van der Waals surface area contributed by atoms with Gasteiger partial charge in [0.25, 0.3) is 0 Å². The molecule has 0 aliphatic heterocycles. The van der Waals surface area contributed by atoms with Crippen molar-refractivity contribution in [2.24, 2.45) is 52.3 Å². The molecule has 7 aliphatic rings. The fraction of sp³-hybridized carbons (Fsp3) is 0.810. The molecule has 0 amide bonds. The van der Waals surface area contributed by atoms with Gasteiger partial charge >= 0.3 is 0 Å². The van der Waals surface area contributed by atoms with Gasteiger partial charge in [0, 0.05) is 5.92 Å². The van der Waals surface area contributed by atoms with E-state index in [9.17, 15) is 0 Å². The van der Waals surface area contributed by atoms with E-state index in [1.165, 1.54) is 12.8 Å². The summed E-state index contributed by atoms with van der Waals surface area (Å²) in [6.45, 7) is 15.2. The minimum atomic E-state index is 0.560. The Morgan fingerprint density at radius 3 is 2.14 bits per heavy atom. The lowest BCUT2D eigenvalue weighted by molar-refractivity contribution is -0.0935. The molecule has 7 atom stereocenters. The Morgan fingerprint density at radius 2 is 1.52 bits per heavy atom. The zero-order valence-corrected chi connectivity index (χ0v) is 14.5. The van der Waals surface area contributed by atoms with E-state index in [2.05, 4.69) is 47.6 Å². The summed E-state index contributed by atoms with van der Waals surface area (Å²) in [5, 5.41) is 0. The molecule has 4 bridgehead atoms. The number of rotatable bonds is 0. The lowest BCUT2D eigenvalue weighted by Crippen LogP contribution is -2.56. The van der Waals surface area contributed by atoms with E-state index in [1.54, 1.807) is 0 Å². The molecule has 0 aromatic heterocycles. The van der Waals surface area contributed by atoms with Crippen LogP contribution in [0.5, 0.6) is 0 Å². The number of hydrogen-bond donors (Lipinski definition) is 0. The minimum absolute atomic E-state index is 0.560. The monoisotopic (exact) mass is 282 g/mol. The molecule has 21 heavy (non-hydrogen) atoms. The van der Waals surface area contributed by atoms with Crippen LogP contribution in [0.4, 0.5) is 0 Å². The van der Waals surface area contributed by atoms with Crippen LogP contribution in [0.25, 0.3) is 0 Å². The van der Waals surface area contributed by atoms with Gasteiger partial charge in [-0.3, -0.25) is 0 Å². The van der Waals surface area contributed by atoms with Gasteiger partial charge in [-0.2, -0.15) is 0 Å². The fourth-order valence-corrected chi connectivity index (χ4v) is 7.64. The minimum Gasteiger partial charge on any atom is -0.0732 e. The van der Waals surface area contributed by atoms with Crippen LogP contribution in [0.3, 0.4) is 0 Å². The maximum atomic E-state index is 2.77. The highest BCUT2D eigenvalue weighted by atomic mass is 14.7. The van der Waals surface area contributed by atoms with E-state index in [1.807, 2.05) is 16.7 Å². The predicted molar refractivity (Wildman–Crippen MR) is 87.7 cm³/mol. The predicted octanol–water partition coefficient (Wildman–Crippen LogP) is 5.46. The quantitative estimate of drug-likeness (QED) is 0.553. The number of allylic oxidation sites excluding steroid dienone is 4. The van der Waals surface area contributed by atoms with Gasteiger partial charge in [0.2, 0.25) is 0 Å². The van der Waals surface area contributed by atoms with Crippen LogP contribution in [0.1, 0.15) is 54.4 Å². The van der Waals surface area contributed by atoms with Gasteiger partial charge in [-0.25, -0.2) is 0 Å². The van der Waals surface area contributed by atoms with Crippen molar-refractivity contribution in [3.05, 3.63) is 22.8 Å². The molecule has 0 N–H and O–H groups in total. The van der Waals surface area contributed by atoms with Gasteiger partial charge in [-0.05, 0) is 70.3 Å². The third kappa shape index (κ3) is 1.16. The summed E-state index contributed by atoms with van der Waals surface area (Å²) in [4.78, 5) is 0. The van der Waals surface area contributed by atoms with Crippen molar-refractivity contribution < 1.29 is 0 Å². The molecular weight excluding hydrogens is 252 g/mol. The first-order valence-corrected chi connectivity index (χ1v) is 9.22. The molecule has 0 nitrogen and oxygen atoms in total. The highest BCUT2D eigenvalue weighted by molar-refractivity contribution is 5.55. The van der Waals surface area contributed by atoms with Crippen LogP contribution in [0.15, 0.2) is 22.8 Å². The molecule has 7 aliphatic carbocycles. The number of hydrogen-bond acceptors (Lipinski definition) is 0. The summed E-state index contributed by atoms with van der Waals surface area (Å²) < 4.78 is 0. The fourth-order valence-electron chi connectivity index (χ4n) is 7.64. The van der Waals surface area contributed by atoms with E-state index >= 15 is 0 Å². The third-order valence-corrected chi connectivity index (χ3v) is 9.06. The van der Waals surface area contributed by atoms with Crippen LogP contribution in [0, 0.1) is 52.3 Å². The molecule has 0 aromatic carbocycles. The molecule has 0 heterocycles. The molecule has 7 rings (SSSR count). The maximum Gasteiger partial charge on any atom is 0.00252 e. The summed E-state index contributed by atoms with van der Waals surface area (Å²) in [6, 6.07) is 0. The molecule has 0 heteroatoms. The van der Waals surface area contributed by atoms with Gasteiger partial charge in [0.05, 0.1) is 0 Å². The molecule has 6 fully saturated rings. The topological polar surface area (TPSA) is 0 Å². The Bertz CT molecular complexity index is 600. The summed E-state index contributed by atoms with van der Waals surface area (Å²) in [5.74, 6) is 6.17. The van der Waals surface area contributed by atoms with E-state index < -0.39 is 0 Å². The lowest BCUT2D eigenvalue weighted by Gasteiger charge is -2.64. The van der Waals surface area contributed by atoms with Crippen molar-refractivity contribution >= 4 is 0 Å². The molecule has 0 aromatic rings. The summed E-state index contributed by atoms with van der Waals surface area (Å²) in [6.07, 6.45) is 5.72.